The van der Waals surface area contributed by atoms with E-state index >= 15 is 0 Å². The van der Waals surface area contributed by atoms with Gasteiger partial charge in [-0.1, -0.05) is 235 Å². The minimum atomic E-state index is -0.781. The number of unbranched alkanes of at least 4 members (excludes halogenated alkanes) is 27. The SMILES string of the molecule is CC/C=C\C/C=C\C/C=C\C/C=C\CCCCCCCCC(=O)OCC(COC(=O)CCCCCCCCCCC)OC(=O)CCCCCCCCCCCC/C=C\C=C/CCCCC. The lowest BCUT2D eigenvalue weighted by Gasteiger charge is -2.18. The molecule has 65 heavy (non-hydrogen) atoms. The van der Waals surface area contributed by atoms with E-state index in [-0.39, 0.29) is 31.1 Å². The van der Waals surface area contributed by atoms with E-state index in [9.17, 15) is 14.4 Å². The summed E-state index contributed by atoms with van der Waals surface area (Å²) in [6.07, 6.45) is 67.5. The molecule has 0 aliphatic rings. The predicted molar refractivity (Wildman–Crippen MR) is 279 cm³/mol. The maximum Gasteiger partial charge on any atom is 0.306 e. The molecule has 0 N–H and O–H groups in total. The average molecular weight is 907 g/mol. The lowest BCUT2D eigenvalue weighted by atomic mass is 10.1. The van der Waals surface area contributed by atoms with Crippen molar-refractivity contribution in [2.75, 3.05) is 13.2 Å². The second-order valence-electron chi connectivity index (χ2n) is 18.1. The number of hydrogen-bond acceptors (Lipinski definition) is 6. The molecule has 0 fully saturated rings. The molecular weight excluding hydrogens is 805 g/mol. The Labute approximate surface area is 402 Å². The maximum atomic E-state index is 12.8. The largest absolute Gasteiger partial charge is 0.462 e. The Morgan fingerprint density at radius 2 is 0.646 bits per heavy atom. The summed E-state index contributed by atoms with van der Waals surface area (Å²) < 4.78 is 16.8. The Balaban J connectivity index is 4.32. The second kappa shape index (κ2) is 53.5. The van der Waals surface area contributed by atoms with Crippen LogP contribution in [0.1, 0.15) is 265 Å². The quantitative estimate of drug-likeness (QED) is 0.0199. The van der Waals surface area contributed by atoms with E-state index in [2.05, 4.69) is 93.7 Å². The lowest BCUT2D eigenvalue weighted by molar-refractivity contribution is -0.167. The van der Waals surface area contributed by atoms with Crippen molar-refractivity contribution in [2.24, 2.45) is 0 Å². The van der Waals surface area contributed by atoms with Crippen LogP contribution >= 0.6 is 0 Å². The van der Waals surface area contributed by atoms with Gasteiger partial charge in [-0.05, 0) is 83.5 Å². The summed E-state index contributed by atoms with van der Waals surface area (Å²) in [7, 11) is 0. The van der Waals surface area contributed by atoms with Crippen LogP contribution in [-0.2, 0) is 28.6 Å². The smallest absolute Gasteiger partial charge is 0.306 e. The molecule has 0 heterocycles. The number of carbonyl (C=O) groups excluding carboxylic acids is 3. The van der Waals surface area contributed by atoms with Crippen LogP contribution in [0.15, 0.2) is 72.9 Å². The van der Waals surface area contributed by atoms with Gasteiger partial charge in [-0.3, -0.25) is 14.4 Å². The molecule has 0 aliphatic heterocycles. The minimum Gasteiger partial charge on any atom is -0.462 e. The molecule has 0 saturated heterocycles. The Morgan fingerprint density at radius 3 is 1.06 bits per heavy atom. The monoisotopic (exact) mass is 907 g/mol. The Morgan fingerprint density at radius 1 is 0.338 bits per heavy atom. The van der Waals surface area contributed by atoms with Crippen LogP contribution in [0.4, 0.5) is 0 Å². The first kappa shape index (κ1) is 61.9. The fourth-order valence-corrected chi connectivity index (χ4v) is 7.60. The summed E-state index contributed by atoms with van der Waals surface area (Å²) in [6, 6.07) is 0. The minimum absolute atomic E-state index is 0.0799. The molecule has 0 aromatic rings. The zero-order chi connectivity index (χ0) is 47.2. The van der Waals surface area contributed by atoms with Crippen molar-refractivity contribution in [2.45, 2.75) is 271 Å². The van der Waals surface area contributed by atoms with E-state index in [1.165, 1.54) is 135 Å². The van der Waals surface area contributed by atoms with Crippen LogP contribution in [0.25, 0.3) is 0 Å². The van der Waals surface area contributed by atoms with Crippen molar-refractivity contribution >= 4 is 17.9 Å². The molecule has 1 unspecified atom stereocenters. The third kappa shape index (κ3) is 51.7. The highest BCUT2D eigenvalue weighted by Gasteiger charge is 2.19. The van der Waals surface area contributed by atoms with Gasteiger partial charge in [0.15, 0.2) is 6.10 Å². The molecule has 0 radical (unpaired) electrons. The highest BCUT2D eigenvalue weighted by molar-refractivity contribution is 5.71. The topological polar surface area (TPSA) is 78.9 Å². The van der Waals surface area contributed by atoms with Crippen LogP contribution in [0.2, 0.25) is 0 Å². The van der Waals surface area contributed by atoms with Crippen LogP contribution in [0.3, 0.4) is 0 Å². The van der Waals surface area contributed by atoms with Crippen LogP contribution < -0.4 is 0 Å². The number of esters is 3. The standard InChI is InChI=1S/C59H102O6/c1-4-7-10-13-16-19-21-23-25-27-29-31-33-35-37-40-43-46-49-52-58(61)64-55-56(54-63-57(60)51-48-45-42-39-18-15-12-9-6-3)65-59(62)53-50-47-44-41-38-36-34-32-30-28-26-24-22-20-17-14-11-8-5-2/h7,10,16-17,19-20,22-25,29,31,56H,4-6,8-9,11-15,18,21,26-28,30,32-55H2,1-3H3/b10-7-,19-16-,20-17-,24-22-,25-23-,31-29-. The molecule has 1 atom stereocenters. The summed E-state index contributed by atoms with van der Waals surface area (Å²) >= 11 is 0. The second-order valence-corrected chi connectivity index (χ2v) is 18.1. The van der Waals surface area contributed by atoms with E-state index in [4.69, 9.17) is 14.2 Å². The van der Waals surface area contributed by atoms with Gasteiger partial charge in [-0.25, -0.2) is 0 Å². The zero-order valence-corrected chi connectivity index (χ0v) is 42.7. The molecule has 374 valence electrons. The molecule has 0 aromatic carbocycles. The molecule has 0 aromatic heterocycles. The Kier molecular flexibility index (Phi) is 50.9. The number of ether oxygens (including phenoxy) is 3. The first-order valence-corrected chi connectivity index (χ1v) is 27.5. The van der Waals surface area contributed by atoms with Crippen LogP contribution in [-0.4, -0.2) is 37.2 Å². The average Bonchev–Trinajstić information content (AvgIpc) is 3.30. The third-order valence-corrected chi connectivity index (χ3v) is 11.7. The van der Waals surface area contributed by atoms with Gasteiger partial charge >= 0.3 is 17.9 Å². The van der Waals surface area contributed by atoms with Crippen molar-refractivity contribution in [1.29, 1.82) is 0 Å². The van der Waals surface area contributed by atoms with E-state index in [1.54, 1.807) is 0 Å². The lowest BCUT2D eigenvalue weighted by Crippen LogP contribution is -2.30. The summed E-state index contributed by atoms with van der Waals surface area (Å²) in [6.45, 7) is 6.48. The van der Waals surface area contributed by atoms with Crippen molar-refractivity contribution in [3.05, 3.63) is 72.9 Å². The highest BCUT2D eigenvalue weighted by atomic mass is 16.6. The first-order chi connectivity index (χ1) is 32.0. The first-order valence-electron chi connectivity index (χ1n) is 27.5. The van der Waals surface area contributed by atoms with Gasteiger partial charge in [0, 0.05) is 19.3 Å². The zero-order valence-electron chi connectivity index (χ0n) is 42.7. The molecule has 6 nitrogen and oxygen atoms in total. The van der Waals surface area contributed by atoms with Crippen LogP contribution in [0.5, 0.6) is 0 Å². The van der Waals surface area contributed by atoms with Gasteiger partial charge in [0.2, 0.25) is 0 Å². The molecule has 0 aliphatic carbocycles. The number of carbonyl (C=O) groups is 3. The van der Waals surface area contributed by atoms with Gasteiger partial charge < -0.3 is 14.2 Å². The third-order valence-electron chi connectivity index (χ3n) is 11.7. The number of rotatable bonds is 49. The van der Waals surface area contributed by atoms with Gasteiger partial charge in [0.05, 0.1) is 0 Å². The summed E-state index contributed by atoms with van der Waals surface area (Å²) in [4.78, 5) is 38.0. The molecule has 0 bridgehead atoms. The molecule has 0 spiro atoms. The van der Waals surface area contributed by atoms with Crippen molar-refractivity contribution in [1.82, 2.24) is 0 Å². The van der Waals surface area contributed by atoms with Gasteiger partial charge in [0.1, 0.15) is 13.2 Å². The maximum absolute atomic E-state index is 12.8. The summed E-state index contributed by atoms with van der Waals surface area (Å²) in [5.41, 5.74) is 0. The summed E-state index contributed by atoms with van der Waals surface area (Å²) in [5, 5.41) is 0. The molecular formula is C59H102O6. The van der Waals surface area contributed by atoms with E-state index < -0.39 is 6.10 Å². The fourth-order valence-electron chi connectivity index (χ4n) is 7.60. The van der Waals surface area contributed by atoms with E-state index in [1.807, 2.05) is 0 Å². The van der Waals surface area contributed by atoms with Crippen LogP contribution in [0, 0.1) is 0 Å². The molecule has 0 rings (SSSR count). The predicted octanol–water partition coefficient (Wildman–Crippen LogP) is 18.2. The molecule has 0 amide bonds. The van der Waals surface area contributed by atoms with Gasteiger partial charge in [0.25, 0.3) is 0 Å². The van der Waals surface area contributed by atoms with Crippen molar-refractivity contribution < 1.29 is 28.6 Å². The van der Waals surface area contributed by atoms with Crippen molar-refractivity contribution in [3.63, 3.8) is 0 Å². The normalized spacial score (nSPS) is 12.6. The van der Waals surface area contributed by atoms with Gasteiger partial charge in [-0.15, -0.1) is 0 Å². The Bertz CT molecular complexity index is 1230. The molecule has 6 heteroatoms. The summed E-state index contributed by atoms with van der Waals surface area (Å²) in [5.74, 6) is -0.895. The molecule has 0 saturated carbocycles. The van der Waals surface area contributed by atoms with E-state index in [0.29, 0.717) is 19.3 Å². The number of allylic oxidation sites excluding steroid dienone is 12. The highest BCUT2D eigenvalue weighted by Crippen LogP contribution is 2.15. The number of hydrogen-bond donors (Lipinski definition) is 0. The van der Waals surface area contributed by atoms with E-state index in [0.717, 1.165) is 89.9 Å². The fraction of sp³-hybridized carbons (Fsp3) is 0.746. The Hall–Kier alpha value is -3.15. The van der Waals surface area contributed by atoms with Gasteiger partial charge in [-0.2, -0.15) is 0 Å². The van der Waals surface area contributed by atoms with Crippen molar-refractivity contribution in [3.8, 4) is 0 Å².